The Balaban J connectivity index is 1.73. The molecule has 142 valence electrons. The van der Waals surface area contributed by atoms with Crippen molar-refractivity contribution < 1.29 is 19.4 Å². The second kappa shape index (κ2) is 7.82. The SMILES string of the molecule is CC[C@H](C(=O)O)[C@H](C)N(C)C(=O)OCC1c2ccccc2-c2ccccc21. The normalized spacial score (nSPS) is 14.8. The van der Waals surface area contributed by atoms with Crippen molar-refractivity contribution in [3.8, 4) is 11.1 Å². The molecule has 0 saturated heterocycles. The Morgan fingerprint density at radius 1 is 1.07 bits per heavy atom. The van der Waals surface area contributed by atoms with Crippen molar-refractivity contribution >= 4 is 12.1 Å². The minimum atomic E-state index is -0.900. The molecule has 0 heterocycles. The molecule has 5 heteroatoms. The first-order valence-corrected chi connectivity index (χ1v) is 9.26. The van der Waals surface area contributed by atoms with Gasteiger partial charge in [-0.2, -0.15) is 0 Å². The molecule has 1 amide bonds. The van der Waals surface area contributed by atoms with E-state index in [2.05, 4.69) is 24.3 Å². The van der Waals surface area contributed by atoms with E-state index in [1.807, 2.05) is 24.3 Å². The van der Waals surface area contributed by atoms with Crippen LogP contribution in [0.25, 0.3) is 11.1 Å². The molecule has 0 bridgehead atoms. The Labute approximate surface area is 159 Å². The molecule has 0 spiro atoms. The van der Waals surface area contributed by atoms with Crippen molar-refractivity contribution in [1.29, 1.82) is 0 Å². The zero-order valence-electron chi connectivity index (χ0n) is 15.9. The van der Waals surface area contributed by atoms with E-state index >= 15 is 0 Å². The van der Waals surface area contributed by atoms with Crippen LogP contribution in [0.5, 0.6) is 0 Å². The number of amides is 1. The number of aliphatic carboxylic acids is 1. The number of nitrogens with zero attached hydrogens (tertiary/aromatic N) is 1. The van der Waals surface area contributed by atoms with Crippen molar-refractivity contribution in [2.75, 3.05) is 13.7 Å². The molecule has 0 radical (unpaired) electrons. The standard InChI is InChI=1S/C22H25NO4/c1-4-15(21(24)25)14(2)23(3)22(26)27-13-20-18-11-7-5-9-16(18)17-10-6-8-12-19(17)20/h5-12,14-15,20H,4,13H2,1-3H3,(H,24,25)/t14-,15-/m0/s1. The number of benzene rings is 2. The van der Waals surface area contributed by atoms with Crippen molar-refractivity contribution in [2.24, 2.45) is 5.92 Å². The summed E-state index contributed by atoms with van der Waals surface area (Å²) in [7, 11) is 1.59. The quantitative estimate of drug-likeness (QED) is 0.823. The van der Waals surface area contributed by atoms with E-state index in [1.165, 1.54) is 16.0 Å². The number of ether oxygens (including phenoxy) is 1. The van der Waals surface area contributed by atoms with Gasteiger partial charge in [-0.3, -0.25) is 4.79 Å². The van der Waals surface area contributed by atoms with Crippen molar-refractivity contribution in [3.63, 3.8) is 0 Å². The van der Waals surface area contributed by atoms with Gasteiger partial charge in [-0.05, 0) is 35.6 Å². The third-order valence-electron chi connectivity index (χ3n) is 5.57. The van der Waals surface area contributed by atoms with E-state index in [0.717, 1.165) is 11.1 Å². The summed E-state index contributed by atoms with van der Waals surface area (Å²) in [5.74, 6) is -1.52. The van der Waals surface area contributed by atoms with Crippen molar-refractivity contribution in [3.05, 3.63) is 59.7 Å². The second-order valence-electron chi connectivity index (χ2n) is 7.01. The Kier molecular flexibility index (Phi) is 5.49. The number of carbonyl (C=O) groups is 2. The minimum absolute atomic E-state index is 0.00787. The molecule has 0 fully saturated rings. The van der Waals surface area contributed by atoms with Crippen LogP contribution in [0.3, 0.4) is 0 Å². The lowest BCUT2D eigenvalue weighted by Gasteiger charge is -2.29. The predicted molar refractivity (Wildman–Crippen MR) is 104 cm³/mol. The second-order valence-corrected chi connectivity index (χ2v) is 7.01. The van der Waals surface area contributed by atoms with Crippen LogP contribution < -0.4 is 0 Å². The van der Waals surface area contributed by atoms with Gasteiger partial charge in [-0.15, -0.1) is 0 Å². The molecule has 2 aromatic rings. The highest BCUT2D eigenvalue weighted by molar-refractivity contribution is 5.79. The molecule has 0 unspecified atom stereocenters. The lowest BCUT2D eigenvalue weighted by atomic mass is 9.97. The molecule has 0 saturated carbocycles. The number of carboxylic acids is 1. The van der Waals surface area contributed by atoms with Crippen LogP contribution >= 0.6 is 0 Å². The predicted octanol–water partition coefficient (Wildman–Crippen LogP) is 4.37. The van der Waals surface area contributed by atoms with Gasteiger partial charge < -0.3 is 14.7 Å². The molecule has 2 atom stereocenters. The summed E-state index contributed by atoms with van der Waals surface area (Å²) in [6, 6.07) is 15.9. The van der Waals surface area contributed by atoms with E-state index < -0.39 is 24.0 Å². The molecule has 27 heavy (non-hydrogen) atoms. The molecule has 1 N–H and O–H groups in total. The molecule has 1 aliphatic rings. The third-order valence-corrected chi connectivity index (χ3v) is 5.57. The largest absolute Gasteiger partial charge is 0.481 e. The van der Waals surface area contributed by atoms with Crippen LogP contribution in [0.2, 0.25) is 0 Å². The number of hydrogen-bond donors (Lipinski definition) is 1. The fourth-order valence-corrected chi connectivity index (χ4v) is 3.85. The third kappa shape index (κ3) is 3.54. The molecule has 5 nitrogen and oxygen atoms in total. The monoisotopic (exact) mass is 367 g/mol. The summed E-state index contributed by atoms with van der Waals surface area (Å²) < 4.78 is 5.59. The van der Waals surface area contributed by atoms with Gasteiger partial charge in [0.25, 0.3) is 0 Å². The van der Waals surface area contributed by atoms with E-state index in [9.17, 15) is 14.7 Å². The van der Waals surface area contributed by atoms with Crippen LogP contribution in [-0.4, -0.2) is 41.8 Å². The maximum atomic E-state index is 12.5. The van der Waals surface area contributed by atoms with Crippen molar-refractivity contribution in [1.82, 2.24) is 4.90 Å². The Morgan fingerprint density at radius 2 is 1.59 bits per heavy atom. The first-order chi connectivity index (χ1) is 13.0. The zero-order chi connectivity index (χ0) is 19.6. The van der Waals surface area contributed by atoms with E-state index in [1.54, 1.807) is 20.9 Å². The van der Waals surface area contributed by atoms with Gasteiger partial charge in [0.15, 0.2) is 0 Å². The van der Waals surface area contributed by atoms with E-state index in [4.69, 9.17) is 4.74 Å². The summed E-state index contributed by atoms with van der Waals surface area (Å²) in [4.78, 5) is 25.3. The number of hydrogen-bond acceptors (Lipinski definition) is 3. The Morgan fingerprint density at radius 3 is 2.07 bits per heavy atom. The maximum absolute atomic E-state index is 12.5. The molecular formula is C22H25NO4. The van der Waals surface area contributed by atoms with Crippen LogP contribution in [-0.2, 0) is 9.53 Å². The number of carboxylic acid groups (broad SMARTS) is 1. The fourth-order valence-electron chi connectivity index (χ4n) is 3.85. The summed E-state index contributed by atoms with van der Waals surface area (Å²) in [5, 5.41) is 9.32. The van der Waals surface area contributed by atoms with Gasteiger partial charge in [0, 0.05) is 19.0 Å². The van der Waals surface area contributed by atoms with Gasteiger partial charge in [-0.25, -0.2) is 4.79 Å². The molecule has 2 aromatic carbocycles. The van der Waals surface area contributed by atoms with Crippen LogP contribution in [0.15, 0.2) is 48.5 Å². The number of fused-ring (bicyclic) bond motifs is 3. The summed E-state index contributed by atoms with van der Waals surface area (Å²) in [5.41, 5.74) is 4.65. The lowest BCUT2D eigenvalue weighted by Crippen LogP contribution is -2.43. The van der Waals surface area contributed by atoms with Gasteiger partial charge in [0.1, 0.15) is 6.61 Å². The molecule has 1 aliphatic carbocycles. The summed E-state index contributed by atoms with van der Waals surface area (Å²) >= 11 is 0. The minimum Gasteiger partial charge on any atom is -0.481 e. The number of rotatable bonds is 6. The highest BCUT2D eigenvalue weighted by Crippen LogP contribution is 2.44. The van der Waals surface area contributed by atoms with Crippen LogP contribution in [0.1, 0.15) is 37.3 Å². The van der Waals surface area contributed by atoms with E-state index in [-0.39, 0.29) is 12.5 Å². The smallest absolute Gasteiger partial charge is 0.409 e. The average molecular weight is 367 g/mol. The Bertz CT molecular complexity index is 802. The van der Waals surface area contributed by atoms with Gasteiger partial charge in [0.2, 0.25) is 0 Å². The molecule has 3 rings (SSSR count). The topological polar surface area (TPSA) is 66.8 Å². The highest BCUT2D eigenvalue weighted by atomic mass is 16.6. The first-order valence-electron chi connectivity index (χ1n) is 9.26. The van der Waals surface area contributed by atoms with E-state index in [0.29, 0.717) is 6.42 Å². The number of carbonyl (C=O) groups excluding carboxylic acids is 1. The zero-order valence-corrected chi connectivity index (χ0v) is 15.9. The Hall–Kier alpha value is -2.82. The van der Waals surface area contributed by atoms with Crippen LogP contribution in [0.4, 0.5) is 4.79 Å². The lowest BCUT2D eigenvalue weighted by molar-refractivity contribution is -0.143. The average Bonchev–Trinajstić information content (AvgIpc) is 2.99. The fraction of sp³-hybridized carbons (Fsp3) is 0.364. The van der Waals surface area contributed by atoms with Gasteiger partial charge >= 0.3 is 12.1 Å². The first kappa shape index (κ1) is 19.0. The van der Waals surface area contributed by atoms with Crippen LogP contribution in [0, 0.1) is 5.92 Å². The van der Waals surface area contributed by atoms with Crippen molar-refractivity contribution in [2.45, 2.75) is 32.2 Å². The molecule has 0 aromatic heterocycles. The van der Waals surface area contributed by atoms with Gasteiger partial charge in [0.05, 0.1) is 5.92 Å². The maximum Gasteiger partial charge on any atom is 0.409 e. The van der Waals surface area contributed by atoms with Gasteiger partial charge in [-0.1, -0.05) is 55.5 Å². The molecular weight excluding hydrogens is 342 g/mol. The highest BCUT2D eigenvalue weighted by Gasteiger charge is 2.32. The summed E-state index contributed by atoms with van der Waals surface area (Å²) in [6.45, 7) is 3.78. The molecule has 0 aliphatic heterocycles. The summed E-state index contributed by atoms with van der Waals surface area (Å²) in [6.07, 6.45) is -0.0404.